The van der Waals surface area contributed by atoms with Gasteiger partial charge in [-0.3, -0.25) is 0 Å². The van der Waals surface area contributed by atoms with Gasteiger partial charge in [-0.25, -0.2) is 0 Å². The zero-order valence-electron chi connectivity index (χ0n) is 11.3. The van der Waals surface area contributed by atoms with Gasteiger partial charge in [0.2, 0.25) is 0 Å². The largest absolute Gasteiger partial charge is 0.457 e. The molecule has 102 valence electrons. The predicted octanol–water partition coefficient (Wildman–Crippen LogP) is 4.32. The summed E-state index contributed by atoms with van der Waals surface area (Å²) >= 11 is 0. The molecular formula is C18H18O2. The Bertz CT molecular complexity index is 569. The van der Waals surface area contributed by atoms with E-state index in [0.29, 0.717) is 12.8 Å². The lowest BCUT2D eigenvalue weighted by Crippen LogP contribution is -1.97. The molecule has 0 aliphatic heterocycles. The van der Waals surface area contributed by atoms with Gasteiger partial charge in [-0.15, -0.1) is 12.3 Å². The second-order valence-corrected chi connectivity index (χ2v) is 4.60. The highest BCUT2D eigenvalue weighted by molar-refractivity contribution is 5.34. The molecule has 1 N–H and O–H groups in total. The lowest BCUT2D eigenvalue weighted by Gasteiger charge is -2.12. The molecule has 0 aliphatic carbocycles. The first-order chi connectivity index (χ1) is 9.79. The molecule has 2 heteroatoms. The summed E-state index contributed by atoms with van der Waals surface area (Å²) in [6, 6.07) is 17.1. The van der Waals surface area contributed by atoms with Gasteiger partial charge >= 0.3 is 0 Å². The summed E-state index contributed by atoms with van der Waals surface area (Å²) in [6.07, 6.45) is 6.89. The third-order valence-electron chi connectivity index (χ3n) is 3.02. The summed E-state index contributed by atoms with van der Waals surface area (Å²) in [4.78, 5) is 0. The van der Waals surface area contributed by atoms with Gasteiger partial charge in [-0.05, 0) is 42.7 Å². The number of hydrogen-bond acceptors (Lipinski definition) is 2. The van der Waals surface area contributed by atoms with Gasteiger partial charge in [-0.2, -0.15) is 0 Å². The van der Waals surface area contributed by atoms with Crippen LogP contribution in [0.15, 0.2) is 54.6 Å². The Balaban J connectivity index is 2.02. The highest BCUT2D eigenvalue weighted by Crippen LogP contribution is 2.26. The second-order valence-electron chi connectivity index (χ2n) is 4.60. The lowest BCUT2D eigenvalue weighted by molar-refractivity contribution is 0.165. The maximum atomic E-state index is 10.1. The molecule has 2 nitrogen and oxygen atoms in total. The van der Waals surface area contributed by atoms with Gasteiger partial charge in [0.15, 0.2) is 0 Å². The number of ether oxygens (including phenoxy) is 1. The molecule has 0 spiro atoms. The third kappa shape index (κ3) is 4.15. The van der Waals surface area contributed by atoms with Crippen molar-refractivity contribution in [2.75, 3.05) is 0 Å². The van der Waals surface area contributed by atoms with Crippen molar-refractivity contribution in [3.63, 3.8) is 0 Å². The smallest absolute Gasteiger partial charge is 0.127 e. The summed E-state index contributed by atoms with van der Waals surface area (Å²) in [7, 11) is 0. The number of unbranched alkanes of at least 4 members (excludes halogenated alkanes) is 1. The standard InChI is InChI=1S/C18H18O2/c1-2-3-5-13-18(19)15-9-8-12-17(14-15)20-16-10-6-4-7-11-16/h1,4,6-12,14,18-19H,3,5,13H2. The Kier molecular flexibility index (Phi) is 5.23. The van der Waals surface area contributed by atoms with Crippen LogP contribution in [0.25, 0.3) is 0 Å². The highest BCUT2D eigenvalue weighted by Gasteiger charge is 2.08. The molecule has 0 fully saturated rings. The number of rotatable bonds is 6. The van der Waals surface area contributed by atoms with Gasteiger partial charge in [0.05, 0.1) is 6.10 Å². The maximum Gasteiger partial charge on any atom is 0.127 e. The van der Waals surface area contributed by atoms with Crippen molar-refractivity contribution in [2.24, 2.45) is 0 Å². The van der Waals surface area contributed by atoms with Crippen molar-refractivity contribution >= 4 is 0 Å². The molecule has 2 aromatic rings. The van der Waals surface area contributed by atoms with Crippen LogP contribution in [0.3, 0.4) is 0 Å². The molecule has 20 heavy (non-hydrogen) atoms. The van der Waals surface area contributed by atoms with E-state index in [9.17, 15) is 5.11 Å². The summed E-state index contributed by atoms with van der Waals surface area (Å²) in [5, 5.41) is 10.1. The summed E-state index contributed by atoms with van der Waals surface area (Å²) in [5.41, 5.74) is 0.857. The van der Waals surface area contributed by atoms with Crippen molar-refractivity contribution in [1.29, 1.82) is 0 Å². The van der Waals surface area contributed by atoms with E-state index >= 15 is 0 Å². The first kappa shape index (κ1) is 14.2. The second kappa shape index (κ2) is 7.37. The van der Waals surface area contributed by atoms with Crippen molar-refractivity contribution in [2.45, 2.75) is 25.4 Å². The molecule has 0 radical (unpaired) electrons. The Morgan fingerprint density at radius 2 is 1.80 bits per heavy atom. The first-order valence-corrected chi connectivity index (χ1v) is 6.74. The van der Waals surface area contributed by atoms with Crippen molar-refractivity contribution in [1.82, 2.24) is 0 Å². The molecule has 2 aromatic carbocycles. The van der Waals surface area contributed by atoms with Crippen LogP contribution in [0.4, 0.5) is 0 Å². The molecule has 0 bridgehead atoms. The SMILES string of the molecule is C#CCCCC(O)c1cccc(Oc2ccccc2)c1. The van der Waals surface area contributed by atoms with E-state index < -0.39 is 6.10 Å². The average Bonchev–Trinajstić information content (AvgIpc) is 2.49. The fourth-order valence-electron chi connectivity index (χ4n) is 1.97. The van der Waals surface area contributed by atoms with E-state index in [1.54, 1.807) is 0 Å². The molecule has 0 heterocycles. The Morgan fingerprint density at radius 1 is 1.05 bits per heavy atom. The minimum absolute atomic E-state index is 0.498. The van der Waals surface area contributed by atoms with E-state index in [0.717, 1.165) is 23.5 Å². The molecule has 0 aliphatic rings. The van der Waals surface area contributed by atoms with E-state index in [2.05, 4.69) is 5.92 Å². The van der Waals surface area contributed by atoms with E-state index in [-0.39, 0.29) is 0 Å². The van der Waals surface area contributed by atoms with Gasteiger partial charge in [0.1, 0.15) is 11.5 Å². The van der Waals surface area contributed by atoms with Crippen LogP contribution in [-0.4, -0.2) is 5.11 Å². The molecule has 2 rings (SSSR count). The summed E-state index contributed by atoms with van der Waals surface area (Å²) < 4.78 is 5.75. The Labute approximate surface area is 120 Å². The quantitative estimate of drug-likeness (QED) is 0.623. The van der Waals surface area contributed by atoms with Crippen LogP contribution in [0.5, 0.6) is 11.5 Å². The Morgan fingerprint density at radius 3 is 2.55 bits per heavy atom. The van der Waals surface area contributed by atoms with Crippen molar-refractivity contribution in [3.05, 3.63) is 60.2 Å². The van der Waals surface area contributed by atoms with Crippen LogP contribution in [0.2, 0.25) is 0 Å². The van der Waals surface area contributed by atoms with Crippen LogP contribution in [0, 0.1) is 12.3 Å². The van der Waals surface area contributed by atoms with Gasteiger partial charge < -0.3 is 9.84 Å². The number of para-hydroxylation sites is 1. The predicted molar refractivity (Wildman–Crippen MR) is 80.6 cm³/mol. The zero-order chi connectivity index (χ0) is 14.2. The first-order valence-electron chi connectivity index (χ1n) is 6.74. The van der Waals surface area contributed by atoms with Crippen LogP contribution >= 0.6 is 0 Å². The van der Waals surface area contributed by atoms with Gasteiger partial charge in [0, 0.05) is 6.42 Å². The summed E-state index contributed by atoms with van der Waals surface area (Å²) in [5.74, 6) is 4.09. The maximum absolute atomic E-state index is 10.1. The van der Waals surface area contributed by atoms with Gasteiger partial charge in [-0.1, -0.05) is 30.3 Å². The number of aliphatic hydroxyl groups is 1. The molecule has 0 saturated carbocycles. The zero-order valence-corrected chi connectivity index (χ0v) is 11.3. The number of hydrogen-bond donors (Lipinski definition) is 1. The molecule has 1 unspecified atom stereocenters. The molecular weight excluding hydrogens is 248 g/mol. The van der Waals surface area contributed by atoms with Gasteiger partial charge in [0.25, 0.3) is 0 Å². The summed E-state index contributed by atoms with van der Waals surface area (Å²) in [6.45, 7) is 0. The third-order valence-corrected chi connectivity index (χ3v) is 3.02. The topological polar surface area (TPSA) is 29.5 Å². The fourth-order valence-corrected chi connectivity index (χ4v) is 1.97. The highest BCUT2D eigenvalue weighted by atomic mass is 16.5. The van der Waals surface area contributed by atoms with E-state index in [4.69, 9.17) is 11.2 Å². The Hall–Kier alpha value is -2.24. The minimum Gasteiger partial charge on any atom is -0.457 e. The molecule has 0 amide bonds. The molecule has 1 atom stereocenters. The average molecular weight is 266 g/mol. The fraction of sp³-hybridized carbons (Fsp3) is 0.222. The molecule has 0 aromatic heterocycles. The minimum atomic E-state index is -0.498. The van der Waals surface area contributed by atoms with Crippen LogP contribution < -0.4 is 4.74 Å². The van der Waals surface area contributed by atoms with Crippen LogP contribution in [-0.2, 0) is 0 Å². The van der Waals surface area contributed by atoms with E-state index in [1.807, 2.05) is 54.6 Å². The lowest BCUT2D eigenvalue weighted by atomic mass is 10.0. The van der Waals surface area contributed by atoms with Crippen molar-refractivity contribution < 1.29 is 9.84 Å². The van der Waals surface area contributed by atoms with Crippen molar-refractivity contribution in [3.8, 4) is 23.8 Å². The normalized spacial score (nSPS) is 11.6. The van der Waals surface area contributed by atoms with Crippen LogP contribution in [0.1, 0.15) is 30.9 Å². The molecule has 0 saturated heterocycles. The number of terminal acetylenes is 1. The number of aliphatic hydroxyl groups excluding tert-OH is 1. The van der Waals surface area contributed by atoms with E-state index in [1.165, 1.54) is 0 Å². The monoisotopic (exact) mass is 266 g/mol. The number of benzene rings is 2.